The van der Waals surface area contributed by atoms with E-state index in [1.807, 2.05) is 11.7 Å². The van der Waals surface area contributed by atoms with Crippen molar-refractivity contribution in [1.82, 2.24) is 9.78 Å². The van der Waals surface area contributed by atoms with E-state index in [4.69, 9.17) is 5.10 Å². The average Bonchev–Trinajstić information content (AvgIpc) is 2.54. The fraction of sp³-hybridized carbons (Fsp3) is 0.438. The Labute approximate surface area is 114 Å². The van der Waals surface area contributed by atoms with Gasteiger partial charge in [-0.2, -0.15) is 5.10 Å². The monoisotopic (exact) mass is 255 g/mol. The summed E-state index contributed by atoms with van der Waals surface area (Å²) >= 11 is 0. The molecule has 1 aliphatic rings. The molecule has 100 valence electrons. The molecular formula is C16H21N3. The average molecular weight is 255 g/mol. The van der Waals surface area contributed by atoms with Crippen LogP contribution in [0.1, 0.15) is 29.5 Å². The highest BCUT2D eigenvalue weighted by atomic mass is 15.3. The molecule has 2 aromatic rings. The van der Waals surface area contributed by atoms with E-state index in [0.29, 0.717) is 0 Å². The predicted octanol–water partition coefficient (Wildman–Crippen LogP) is 3.45. The highest BCUT2D eigenvalue weighted by molar-refractivity contribution is 5.70. The third-order valence-electron chi connectivity index (χ3n) is 3.79. The molecule has 0 aliphatic carbocycles. The van der Waals surface area contributed by atoms with E-state index in [1.54, 1.807) is 0 Å². The third kappa shape index (κ3) is 2.25. The molecular weight excluding hydrogens is 234 g/mol. The van der Waals surface area contributed by atoms with Gasteiger partial charge in [0.25, 0.3) is 0 Å². The second-order valence-electron chi connectivity index (χ2n) is 5.56. The fourth-order valence-corrected chi connectivity index (χ4v) is 3.00. The summed E-state index contributed by atoms with van der Waals surface area (Å²) in [6, 6.07) is 6.68. The van der Waals surface area contributed by atoms with Crippen LogP contribution in [-0.2, 0) is 13.5 Å². The van der Waals surface area contributed by atoms with Crippen LogP contribution in [0, 0.1) is 13.8 Å². The first-order chi connectivity index (χ1) is 9.15. The van der Waals surface area contributed by atoms with Crippen LogP contribution in [0.15, 0.2) is 18.2 Å². The summed E-state index contributed by atoms with van der Waals surface area (Å²) in [5, 5.41) is 8.25. The molecule has 2 heterocycles. The topological polar surface area (TPSA) is 29.9 Å². The SMILES string of the molecule is Cc1cc(C)cc(-c2nn(C)c3c2CCCCN3)c1. The summed E-state index contributed by atoms with van der Waals surface area (Å²) in [4.78, 5) is 0. The maximum Gasteiger partial charge on any atom is 0.127 e. The van der Waals surface area contributed by atoms with Crippen molar-refractivity contribution in [3.8, 4) is 11.3 Å². The lowest BCUT2D eigenvalue weighted by molar-refractivity contribution is 0.757. The number of nitrogens with zero attached hydrogens (tertiary/aromatic N) is 2. The van der Waals surface area contributed by atoms with E-state index in [0.717, 1.165) is 18.7 Å². The molecule has 0 saturated heterocycles. The maximum atomic E-state index is 4.74. The Balaban J connectivity index is 2.14. The van der Waals surface area contributed by atoms with Gasteiger partial charge < -0.3 is 5.32 Å². The molecule has 0 unspecified atom stereocenters. The first-order valence-electron chi connectivity index (χ1n) is 7.03. The van der Waals surface area contributed by atoms with Crippen LogP contribution in [0.4, 0.5) is 5.82 Å². The van der Waals surface area contributed by atoms with E-state index in [2.05, 4.69) is 37.4 Å². The van der Waals surface area contributed by atoms with Gasteiger partial charge in [0, 0.05) is 24.7 Å². The van der Waals surface area contributed by atoms with E-state index in [9.17, 15) is 0 Å². The fourth-order valence-electron chi connectivity index (χ4n) is 3.00. The smallest absolute Gasteiger partial charge is 0.127 e. The van der Waals surface area contributed by atoms with Gasteiger partial charge in [0.2, 0.25) is 0 Å². The van der Waals surface area contributed by atoms with E-state index >= 15 is 0 Å². The van der Waals surface area contributed by atoms with Gasteiger partial charge in [0.1, 0.15) is 5.82 Å². The van der Waals surface area contributed by atoms with Gasteiger partial charge in [-0.25, -0.2) is 0 Å². The lowest BCUT2D eigenvalue weighted by atomic mass is 10.0. The minimum absolute atomic E-state index is 1.05. The van der Waals surface area contributed by atoms with Gasteiger partial charge >= 0.3 is 0 Å². The van der Waals surface area contributed by atoms with Crippen LogP contribution in [0.25, 0.3) is 11.3 Å². The summed E-state index contributed by atoms with van der Waals surface area (Å²) in [5.74, 6) is 1.20. The maximum absolute atomic E-state index is 4.74. The number of aromatic nitrogens is 2. The molecule has 3 nitrogen and oxygen atoms in total. The van der Waals surface area contributed by atoms with Crippen molar-refractivity contribution >= 4 is 5.82 Å². The summed E-state index contributed by atoms with van der Waals surface area (Å²) in [6.07, 6.45) is 3.60. The van der Waals surface area contributed by atoms with Crippen LogP contribution in [-0.4, -0.2) is 16.3 Å². The van der Waals surface area contributed by atoms with Gasteiger partial charge in [-0.05, 0) is 45.2 Å². The number of rotatable bonds is 1. The van der Waals surface area contributed by atoms with Crippen LogP contribution in [0.2, 0.25) is 0 Å². The standard InChI is InChI=1S/C16H21N3/c1-11-8-12(2)10-13(9-11)15-14-6-4-5-7-17-16(14)19(3)18-15/h8-10,17H,4-7H2,1-3H3. The Bertz CT molecular complexity index is 590. The van der Waals surface area contributed by atoms with Gasteiger partial charge in [-0.1, -0.05) is 17.2 Å². The summed E-state index contributed by atoms with van der Waals surface area (Å²) < 4.78 is 1.99. The van der Waals surface area contributed by atoms with Gasteiger partial charge in [0.05, 0.1) is 5.69 Å². The quantitative estimate of drug-likeness (QED) is 0.845. The molecule has 0 amide bonds. The van der Waals surface area contributed by atoms with Crippen molar-refractivity contribution in [3.63, 3.8) is 0 Å². The Hall–Kier alpha value is -1.77. The molecule has 1 aliphatic heterocycles. The molecule has 19 heavy (non-hydrogen) atoms. The number of fused-ring (bicyclic) bond motifs is 1. The zero-order valence-electron chi connectivity index (χ0n) is 12.0. The summed E-state index contributed by atoms with van der Waals surface area (Å²) in [7, 11) is 2.03. The van der Waals surface area contributed by atoms with Crippen molar-refractivity contribution in [3.05, 3.63) is 34.9 Å². The third-order valence-corrected chi connectivity index (χ3v) is 3.79. The van der Waals surface area contributed by atoms with Gasteiger partial charge in [0.15, 0.2) is 0 Å². The van der Waals surface area contributed by atoms with Gasteiger partial charge in [-0.3, -0.25) is 4.68 Å². The Morgan fingerprint density at radius 1 is 1.11 bits per heavy atom. The van der Waals surface area contributed by atoms with E-state index < -0.39 is 0 Å². The number of hydrogen-bond acceptors (Lipinski definition) is 2. The molecule has 3 heteroatoms. The number of hydrogen-bond donors (Lipinski definition) is 1. The zero-order valence-corrected chi connectivity index (χ0v) is 12.0. The largest absolute Gasteiger partial charge is 0.370 e. The normalized spacial score (nSPS) is 14.7. The molecule has 3 rings (SSSR count). The van der Waals surface area contributed by atoms with Crippen molar-refractivity contribution in [2.24, 2.45) is 7.05 Å². The number of anilines is 1. The zero-order chi connectivity index (χ0) is 13.4. The predicted molar refractivity (Wildman–Crippen MR) is 79.5 cm³/mol. The Morgan fingerprint density at radius 2 is 1.84 bits per heavy atom. The lowest BCUT2D eigenvalue weighted by Gasteiger charge is -2.05. The second-order valence-corrected chi connectivity index (χ2v) is 5.56. The highest BCUT2D eigenvalue weighted by Crippen LogP contribution is 2.32. The summed E-state index contributed by atoms with van der Waals surface area (Å²) in [6.45, 7) is 5.35. The van der Waals surface area contributed by atoms with Crippen molar-refractivity contribution in [2.75, 3.05) is 11.9 Å². The number of nitrogens with one attached hydrogen (secondary N) is 1. The van der Waals surface area contributed by atoms with Gasteiger partial charge in [-0.15, -0.1) is 0 Å². The number of aryl methyl sites for hydroxylation is 3. The number of benzene rings is 1. The van der Waals surface area contributed by atoms with Crippen LogP contribution in [0.5, 0.6) is 0 Å². The van der Waals surface area contributed by atoms with Crippen molar-refractivity contribution in [2.45, 2.75) is 33.1 Å². The molecule has 0 saturated carbocycles. The molecule has 1 aromatic heterocycles. The van der Waals surface area contributed by atoms with Crippen molar-refractivity contribution in [1.29, 1.82) is 0 Å². The minimum atomic E-state index is 1.05. The molecule has 1 N–H and O–H groups in total. The molecule has 1 aromatic carbocycles. The van der Waals surface area contributed by atoms with E-state index in [1.165, 1.54) is 40.9 Å². The molecule has 0 fully saturated rings. The van der Waals surface area contributed by atoms with Crippen LogP contribution < -0.4 is 5.32 Å². The van der Waals surface area contributed by atoms with Crippen LogP contribution >= 0.6 is 0 Å². The van der Waals surface area contributed by atoms with E-state index in [-0.39, 0.29) is 0 Å². The Kier molecular flexibility index (Phi) is 3.05. The molecule has 0 radical (unpaired) electrons. The summed E-state index contributed by atoms with van der Waals surface area (Å²) in [5.41, 5.74) is 6.38. The molecule has 0 bridgehead atoms. The first-order valence-corrected chi connectivity index (χ1v) is 7.03. The van der Waals surface area contributed by atoms with Crippen LogP contribution in [0.3, 0.4) is 0 Å². The first kappa shape index (κ1) is 12.3. The van der Waals surface area contributed by atoms with Crippen molar-refractivity contribution < 1.29 is 0 Å². The minimum Gasteiger partial charge on any atom is -0.370 e. The lowest BCUT2D eigenvalue weighted by Crippen LogP contribution is -2.04. The highest BCUT2D eigenvalue weighted by Gasteiger charge is 2.19. The Morgan fingerprint density at radius 3 is 2.58 bits per heavy atom. The second kappa shape index (κ2) is 4.72. The molecule has 0 spiro atoms. The molecule has 0 atom stereocenters.